The molecule has 0 bridgehead atoms. The Morgan fingerprint density at radius 1 is 1.00 bits per heavy atom. The van der Waals surface area contributed by atoms with Crippen LogP contribution in [-0.4, -0.2) is 49.7 Å². The summed E-state index contributed by atoms with van der Waals surface area (Å²) >= 11 is 0. The molecule has 11 heteroatoms. The summed E-state index contributed by atoms with van der Waals surface area (Å²) in [5.41, 5.74) is 3.90. The number of nitrogens with zero attached hydrogens (tertiary/aromatic N) is 5. The Morgan fingerprint density at radius 3 is 2.54 bits per heavy atom. The van der Waals surface area contributed by atoms with Gasteiger partial charge in [-0.1, -0.05) is 12.1 Å². The van der Waals surface area contributed by atoms with Gasteiger partial charge in [0.2, 0.25) is 5.95 Å². The van der Waals surface area contributed by atoms with Crippen molar-refractivity contribution in [2.24, 2.45) is 0 Å². The molecule has 5 rings (SSSR count). The van der Waals surface area contributed by atoms with E-state index in [0.29, 0.717) is 39.6 Å². The zero-order valence-corrected chi connectivity index (χ0v) is 21.0. The predicted molar refractivity (Wildman–Crippen MR) is 138 cm³/mol. The van der Waals surface area contributed by atoms with Crippen molar-refractivity contribution in [2.45, 2.75) is 20.8 Å². The summed E-state index contributed by atoms with van der Waals surface area (Å²) in [7, 11) is 3.02. The Hall–Kier alpha value is -4.93. The van der Waals surface area contributed by atoms with Gasteiger partial charge in [-0.15, -0.1) is 0 Å². The molecule has 0 aliphatic carbocycles. The van der Waals surface area contributed by atoms with Gasteiger partial charge < -0.3 is 14.8 Å². The summed E-state index contributed by atoms with van der Waals surface area (Å²) in [4.78, 5) is 33.5. The Morgan fingerprint density at radius 2 is 1.78 bits per heavy atom. The molecular weight excluding hydrogens is 474 g/mol. The largest absolute Gasteiger partial charge is 0.493 e. The zero-order valence-electron chi connectivity index (χ0n) is 21.0. The molecule has 1 amide bonds. The molecule has 11 nitrogen and oxygen atoms in total. The number of fused-ring (bicyclic) bond motifs is 1. The highest BCUT2D eigenvalue weighted by Crippen LogP contribution is 2.28. The number of hydrogen-bond donors (Lipinski definition) is 2. The van der Waals surface area contributed by atoms with Crippen LogP contribution in [0.3, 0.4) is 0 Å². The van der Waals surface area contributed by atoms with Crippen LogP contribution >= 0.6 is 0 Å². The van der Waals surface area contributed by atoms with E-state index in [9.17, 15) is 9.59 Å². The molecule has 0 atom stereocenters. The van der Waals surface area contributed by atoms with E-state index in [4.69, 9.17) is 9.47 Å². The molecule has 0 saturated carbocycles. The maximum Gasteiger partial charge on any atom is 0.263 e. The number of benzene rings is 2. The molecule has 5 aromatic rings. The molecule has 0 aliphatic rings. The van der Waals surface area contributed by atoms with E-state index >= 15 is 0 Å². The van der Waals surface area contributed by atoms with Crippen LogP contribution in [0.15, 0.2) is 53.5 Å². The minimum absolute atomic E-state index is 0.139. The van der Waals surface area contributed by atoms with Crippen molar-refractivity contribution >= 4 is 22.8 Å². The van der Waals surface area contributed by atoms with Gasteiger partial charge >= 0.3 is 0 Å². The number of ether oxygens (including phenoxy) is 2. The third-order valence-corrected chi connectivity index (χ3v) is 6.15. The second-order valence-corrected chi connectivity index (χ2v) is 8.51. The first-order valence-electron chi connectivity index (χ1n) is 11.5. The molecule has 0 unspecified atom stereocenters. The summed E-state index contributed by atoms with van der Waals surface area (Å²) < 4.78 is 13.6. The van der Waals surface area contributed by atoms with Crippen LogP contribution in [0.5, 0.6) is 11.5 Å². The van der Waals surface area contributed by atoms with Gasteiger partial charge in [0, 0.05) is 11.6 Å². The van der Waals surface area contributed by atoms with Crippen LogP contribution in [0.25, 0.3) is 22.7 Å². The molecule has 188 valence electrons. The van der Waals surface area contributed by atoms with E-state index < -0.39 is 5.91 Å². The number of H-pyrrole nitrogens is 1. The normalized spacial score (nSPS) is 11.1. The predicted octanol–water partition coefficient (Wildman–Crippen LogP) is 3.49. The number of carbonyl (C=O) groups is 1. The first-order valence-corrected chi connectivity index (χ1v) is 11.5. The smallest absolute Gasteiger partial charge is 0.263 e. The highest BCUT2D eigenvalue weighted by atomic mass is 16.5. The van der Waals surface area contributed by atoms with Crippen molar-refractivity contribution in [3.63, 3.8) is 0 Å². The van der Waals surface area contributed by atoms with E-state index in [-0.39, 0.29) is 11.5 Å². The SMILES string of the molecule is COc1ccc(C(=O)Nc2cc(C)nn2-c2nc3c(cnn3-c3cccc(C)c3C)c(=O)[nH]2)cc1OC. The topological polar surface area (TPSA) is 129 Å². The van der Waals surface area contributed by atoms with Crippen LogP contribution in [0, 0.1) is 20.8 Å². The van der Waals surface area contributed by atoms with Gasteiger partial charge in [-0.05, 0) is 56.2 Å². The average Bonchev–Trinajstić information content (AvgIpc) is 3.48. The van der Waals surface area contributed by atoms with Crippen LogP contribution in [0.4, 0.5) is 5.82 Å². The lowest BCUT2D eigenvalue weighted by atomic mass is 10.1. The fourth-order valence-corrected chi connectivity index (χ4v) is 4.06. The standard InChI is InChI=1S/C26H25N7O4/c1-14-7-6-8-19(16(14)3)32-23-18(13-27-32)25(35)30-26(29-23)33-22(11-15(2)31-33)28-24(34)17-9-10-20(36-4)21(12-17)37-5/h6-13H,1-5H3,(H,28,34)(H,29,30,35). The number of hydrogen-bond acceptors (Lipinski definition) is 7. The summed E-state index contributed by atoms with van der Waals surface area (Å²) in [6.45, 7) is 5.78. The molecule has 37 heavy (non-hydrogen) atoms. The monoisotopic (exact) mass is 499 g/mol. The van der Waals surface area contributed by atoms with Gasteiger partial charge in [0.15, 0.2) is 17.1 Å². The third kappa shape index (κ3) is 4.20. The van der Waals surface area contributed by atoms with Crippen molar-refractivity contribution in [2.75, 3.05) is 19.5 Å². The molecule has 0 saturated heterocycles. The fourth-order valence-electron chi connectivity index (χ4n) is 4.06. The summed E-state index contributed by atoms with van der Waals surface area (Å²) in [5.74, 6) is 1.01. The Bertz CT molecular complexity index is 1710. The van der Waals surface area contributed by atoms with Gasteiger partial charge in [-0.2, -0.15) is 19.9 Å². The number of aromatic amines is 1. The van der Waals surface area contributed by atoms with Crippen LogP contribution in [0.2, 0.25) is 0 Å². The van der Waals surface area contributed by atoms with Gasteiger partial charge in [0.1, 0.15) is 11.2 Å². The van der Waals surface area contributed by atoms with E-state index in [1.165, 1.54) is 25.1 Å². The van der Waals surface area contributed by atoms with Gasteiger partial charge in [0.05, 0.1) is 31.8 Å². The van der Waals surface area contributed by atoms with Crippen LogP contribution < -0.4 is 20.3 Å². The molecule has 3 aromatic heterocycles. The van der Waals surface area contributed by atoms with Crippen molar-refractivity contribution in [3.8, 4) is 23.1 Å². The van der Waals surface area contributed by atoms with Gasteiger partial charge in [0.25, 0.3) is 11.5 Å². The molecule has 2 N–H and O–H groups in total. The number of aryl methyl sites for hydroxylation is 2. The minimum Gasteiger partial charge on any atom is -0.493 e. The fraction of sp³-hybridized carbons (Fsp3) is 0.192. The summed E-state index contributed by atoms with van der Waals surface area (Å²) in [6, 6.07) is 12.4. The van der Waals surface area contributed by atoms with Gasteiger partial charge in [-0.25, -0.2) is 4.68 Å². The third-order valence-electron chi connectivity index (χ3n) is 6.15. The molecule has 2 aromatic carbocycles. The number of nitrogens with one attached hydrogen (secondary N) is 2. The summed E-state index contributed by atoms with van der Waals surface area (Å²) in [6.07, 6.45) is 1.49. The van der Waals surface area contributed by atoms with Gasteiger partial charge in [-0.3, -0.25) is 14.6 Å². The van der Waals surface area contributed by atoms with Crippen molar-refractivity contribution in [3.05, 3.63) is 81.4 Å². The summed E-state index contributed by atoms with van der Waals surface area (Å²) in [5, 5.41) is 12.0. The quantitative estimate of drug-likeness (QED) is 0.366. The number of amides is 1. The number of rotatable bonds is 6. The Balaban J connectivity index is 1.57. The number of aromatic nitrogens is 6. The highest BCUT2D eigenvalue weighted by Gasteiger charge is 2.19. The second-order valence-electron chi connectivity index (χ2n) is 8.51. The van der Waals surface area contributed by atoms with E-state index in [2.05, 4.69) is 25.5 Å². The Labute approximate surface area is 211 Å². The highest BCUT2D eigenvalue weighted by molar-refractivity contribution is 6.04. The van der Waals surface area contributed by atoms with E-state index in [1.807, 2.05) is 32.0 Å². The first-order chi connectivity index (χ1) is 17.8. The van der Waals surface area contributed by atoms with Crippen molar-refractivity contribution < 1.29 is 14.3 Å². The maximum atomic E-state index is 13.1. The number of anilines is 1. The maximum absolute atomic E-state index is 13.1. The lowest BCUT2D eigenvalue weighted by molar-refractivity contribution is 0.102. The second kappa shape index (κ2) is 9.26. The van der Waals surface area contributed by atoms with Crippen LogP contribution in [-0.2, 0) is 0 Å². The minimum atomic E-state index is -0.397. The van der Waals surface area contributed by atoms with E-state index in [0.717, 1.165) is 16.8 Å². The van der Waals surface area contributed by atoms with Crippen molar-refractivity contribution in [1.29, 1.82) is 0 Å². The number of carbonyl (C=O) groups excluding carboxylic acids is 1. The molecular formula is C26H25N7O4. The van der Waals surface area contributed by atoms with E-state index in [1.54, 1.807) is 35.9 Å². The molecule has 0 fully saturated rings. The first kappa shape index (κ1) is 23.8. The molecule has 0 spiro atoms. The van der Waals surface area contributed by atoms with Crippen molar-refractivity contribution in [1.82, 2.24) is 29.5 Å². The molecule has 0 radical (unpaired) electrons. The lowest BCUT2D eigenvalue weighted by Gasteiger charge is -2.12. The molecule has 0 aliphatic heterocycles. The Kier molecular flexibility index (Phi) is 5.96. The molecule has 3 heterocycles. The lowest BCUT2D eigenvalue weighted by Crippen LogP contribution is -2.19. The number of methoxy groups -OCH3 is 2. The van der Waals surface area contributed by atoms with Crippen LogP contribution in [0.1, 0.15) is 27.2 Å². The average molecular weight is 500 g/mol. The zero-order chi connectivity index (χ0) is 26.3.